The standard InChI is InChI=1S/C20H29FN2O3/c1-4-10-23-11-6-8-16(23)14-22-20(24)17-12-15(7-5-9-21)13-18(25-2)19(17)26-3/h4,12-13,16H,1,5-11,14H2,2-3H3,(H,22,24)/i21-1. The molecule has 26 heavy (non-hydrogen) atoms. The van der Waals surface area contributed by atoms with Crippen LogP contribution in [0.15, 0.2) is 24.8 Å². The summed E-state index contributed by atoms with van der Waals surface area (Å²) in [7, 11) is 3.04. The van der Waals surface area contributed by atoms with E-state index in [0.717, 1.165) is 31.5 Å². The average molecular weight is 363 g/mol. The van der Waals surface area contributed by atoms with Crippen molar-refractivity contribution in [1.82, 2.24) is 10.2 Å². The first kappa shape index (κ1) is 20.2. The molecular formula is C20H29FN2O3. The highest BCUT2D eigenvalue weighted by atomic mass is 18.2. The Balaban J connectivity index is 2.14. The van der Waals surface area contributed by atoms with E-state index in [-0.39, 0.29) is 5.91 Å². The van der Waals surface area contributed by atoms with Crippen molar-refractivity contribution in [2.45, 2.75) is 31.7 Å². The molecule has 0 spiro atoms. The molecule has 1 amide bonds. The Hall–Kier alpha value is -2.08. The minimum atomic E-state index is -0.392. The van der Waals surface area contributed by atoms with Crippen LogP contribution in [0.2, 0.25) is 0 Å². The molecule has 1 aliphatic heterocycles. The topological polar surface area (TPSA) is 50.8 Å². The minimum Gasteiger partial charge on any atom is -0.493 e. The highest BCUT2D eigenvalue weighted by molar-refractivity contribution is 5.98. The van der Waals surface area contributed by atoms with Crippen LogP contribution in [0.3, 0.4) is 0 Å². The quantitative estimate of drug-likeness (QED) is 0.650. The largest absolute Gasteiger partial charge is 0.493 e. The number of carbonyl (C=O) groups excluding carboxylic acids is 1. The van der Waals surface area contributed by atoms with Gasteiger partial charge in [0.1, 0.15) is 0 Å². The third kappa shape index (κ3) is 4.97. The van der Waals surface area contributed by atoms with E-state index in [0.29, 0.717) is 42.5 Å². The molecule has 1 saturated heterocycles. The number of halogens is 1. The fraction of sp³-hybridized carbons (Fsp3) is 0.550. The summed E-state index contributed by atoms with van der Waals surface area (Å²) < 4.78 is 23.3. The zero-order valence-corrected chi connectivity index (χ0v) is 15.7. The molecule has 0 radical (unpaired) electrons. The second-order valence-electron chi connectivity index (χ2n) is 6.46. The predicted molar refractivity (Wildman–Crippen MR) is 101 cm³/mol. The molecule has 0 bridgehead atoms. The van der Waals surface area contributed by atoms with Gasteiger partial charge in [-0.3, -0.25) is 14.1 Å². The lowest BCUT2D eigenvalue weighted by molar-refractivity contribution is 0.0938. The van der Waals surface area contributed by atoms with Gasteiger partial charge in [-0.25, -0.2) is 0 Å². The van der Waals surface area contributed by atoms with E-state index < -0.39 is 6.67 Å². The zero-order chi connectivity index (χ0) is 18.9. The molecule has 2 rings (SSSR count). The second-order valence-corrected chi connectivity index (χ2v) is 6.46. The van der Waals surface area contributed by atoms with Crippen LogP contribution in [-0.2, 0) is 6.42 Å². The van der Waals surface area contributed by atoms with Crippen LogP contribution >= 0.6 is 0 Å². The summed E-state index contributed by atoms with van der Waals surface area (Å²) in [6.07, 6.45) is 5.04. The number of methoxy groups -OCH3 is 2. The van der Waals surface area contributed by atoms with E-state index in [4.69, 9.17) is 9.47 Å². The molecule has 1 aliphatic rings. The number of hydrogen-bond donors (Lipinski definition) is 1. The molecular weight excluding hydrogens is 334 g/mol. The molecule has 0 saturated carbocycles. The number of hydrogen-bond acceptors (Lipinski definition) is 4. The van der Waals surface area contributed by atoms with Crippen LogP contribution in [0.1, 0.15) is 35.2 Å². The van der Waals surface area contributed by atoms with Crippen LogP contribution in [0.5, 0.6) is 11.5 Å². The molecule has 6 heteroatoms. The molecule has 1 heterocycles. The number of likely N-dealkylation sites (tertiary alicyclic amines) is 1. The number of aryl methyl sites for hydroxylation is 1. The SMILES string of the molecule is C=CCN1CCCC1CNC(=O)c1cc(CCC[18F])cc(OC)c1OC. The Morgan fingerprint density at radius 3 is 2.88 bits per heavy atom. The maximum atomic E-state index is 12.8. The van der Waals surface area contributed by atoms with E-state index in [9.17, 15) is 9.18 Å². The van der Waals surface area contributed by atoms with Gasteiger partial charge in [-0.1, -0.05) is 6.08 Å². The van der Waals surface area contributed by atoms with Gasteiger partial charge in [0.25, 0.3) is 5.91 Å². The number of rotatable bonds is 10. The van der Waals surface area contributed by atoms with Crippen LogP contribution in [0, 0.1) is 0 Å². The summed E-state index contributed by atoms with van der Waals surface area (Å²) in [5.74, 6) is 0.694. The Morgan fingerprint density at radius 2 is 2.23 bits per heavy atom. The van der Waals surface area contributed by atoms with E-state index >= 15 is 0 Å². The van der Waals surface area contributed by atoms with Gasteiger partial charge in [0.2, 0.25) is 0 Å². The highest BCUT2D eigenvalue weighted by Crippen LogP contribution is 2.33. The summed E-state index contributed by atoms with van der Waals surface area (Å²) in [5.41, 5.74) is 1.29. The Morgan fingerprint density at radius 1 is 1.42 bits per heavy atom. The van der Waals surface area contributed by atoms with E-state index in [1.54, 1.807) is 12.1 Å². The predicted octanol–water partition coefficient (Wildman–Crippen LogP) is 2.99. The molecule has 0 aliphatic carbocycles. The van der Waals surface area contributed by atoms with Gasteiger partial charge in [-0.2, -0.15) is 0 Å². The number of ether oxygens (including phenoxy) is 2. The number of amides is 1. The summed E-state index contributed by atoms with van der Waals surface area (Å²) in [6.45, 7) is 5.84. The van der Waals surface area contributed by atoms with Gasteiger partial charge in [-0.05, 0) is 49.9 Å². The van der Waals surface area contributed by atoms with Crippen molar-refractivity contribution in [3.8, 4) is 11.5 Å². The minimum absolute atomic E-state index is 0.201. The number of alkyl halides is 1. The summed E-state index contributed by atoms with van der Waals surface area (Å²) in [4.78, 5) is 15.1. The first-order valence-electron chi connectivity index (χ1n) is 9.08. The van der Waals surface area contributed by atoms with Crippen molar-refractivity contribution in [3.05, 3.63) is 35.9 Å². The molecule has 1 N–H and O–H groups in total. The van der Waals surface area contributed by atoms with E-state index in [1.807, 2.05) is 6.08 Å². The molecule has 144 valence electrons. The van der Waals surface area contributed by atoms with Crippen molar-refractivity contribution >= 4 is 5.91 Å². The van der Waals surface area contributed by atoms with Gasteiger partial charge in [0.15, 0.2) is 11.5 Å². The van der Waals surface area contributed by atoms with Gasteiger partial charge in [-0.15, -0.1) is 6.58 Å². The average Bonchev–Trinajstić information content (AvgIpc) is 3.10. The van der Waals surface area contributed by atoms with Crippen LogP contribution in [0.25, 0.3) is 0 Å². The lowest BCUT2D eigenvalue weighted by atomic mass is 10.0. The first-order valence-corrected chi connectivity index (χ1v) is 9.08. The maximum absolute atomic E-state index is 12.8. The lowest BCUT2D eigenvalue weighted by Gasteiger charge is -2.23. The van der Waals surface area contributed by atoms with E-state index in [1.165, 1.54) is 14.2 Å². The summed E-state index contributed by atoms with van der Waals surface area (Å²) in [6, 6.07) is 3.89. The van der Waals surface area contributed by atoms with E-state index in [2.05, 4.69) is 16.8 Å². The third-order valence-electron chi connectivity index (χ3n) is 4.74. The molecule has 1 atom stereocenters. The number of nitrogens with one attached hydrogen (secondary N) is 1. The lowest BCUT2D eigenvalue weighted by Crippen LogP contribution is -2.40. The number of carbonyl (C=O) groups is 1. The highest BCUT2D eigenvalue weighted by Gasteiger charge is 2.25. The fourth-order valence-corrected chi connectivity index (χ4v) is 3.44. The van der Waals surface area contributed by atoms with Gasteiger partial charge >= 0.3 is 0 Å². The Bertz CT molecular complexity index is 621. The fourth-order valence-electron chi connectivity index (χ4n) is 3.44. The van der Waals surface area contributed by atoms with Crippen LogP contribution < -0.4 is 14.8 Å². The molecule has 0 aromatic heterocycles. The first-order chi connectivity index (χ1) is 12.6. The molecule has 5 nitrogen and oxygen atoms in total. The number of benzene rings is 1. The Labute approximate surface area is 155 Å². The van der Waals surface area contributed by atoms with Gasteiger partial charge < -0.3 is 14.8 Å². The zero-order valence-electron chi connectivity index (χ0n) is 15.7. The van der Waals surface area contributed by atoms with Gasteiger partial charge in [0, 0.05) is 19.1 Å². The van der Waals surface area contributed by atoms with Crippen molar-refractivity contribution in [3.63, 3.8) is 0 Å². The van der Waals surface area contributed by atoms with Crippen molar-refractivity contribution in [2.75, 3.05) is 40.5 Å². The smallest absolute Gasteiger partial charge is 0.255 e. The van der Waals surface area contributed by atoms with Crippen LogP contribution in [0.4, 0.5) is 4.39 Å². The van der Waals surface area contributed by atoms with Crippen molar-refractivity contribution in [2.24, 2.45) is 0 Å². The number of nitrogens with zero attached hydrogens (tertiary/aromatic N) is 1. The molecule has 1 unspecified atom stereocenters. The van der Waals surface area contributed by atoms with Crippen LogP contribution in [-0.4, -0.2) is 57.4 Å². The molecule has 1 aromatic carbocycles. The van der Waals surface area contributed by atoms with Gasteiger partial charge in [0.05, 0.1) is 26.5 Å². The molecule has 1 fully saturated rings. The monoisotopic (exact) mass is 363 g/mol. The normalized spacial score (nSPS) is 17.1. The van der Waals surface area contributed by atoms with Crippen molar-refractivity contribution < 1.29 is 18.7 Å². The maximum Gasteiger partial charge on any atom is 0.255 e. The summed E-state index contributed by atoms with van der Waals surface area (Å²) in [5, 5.41) is 3.01. The van der Waals surface area contributed by atoms with Crippen molar-refractivity contribution in [1.29, 1.82) is 0 Å². The Kier molecular flexibility index (Phi) is 7.91. The second kappa shape index (κ2) is 10.2. The third-order valence-corrected chi connectivity index (χ3v) is 4.74. The summed E-state index contributed by atoms with van der Waals surface area (Å²) >= 11 is 0. The molecule has 1 aromatic rings.